The van der Waals surface area contributed by atoms with Crippen molar-refractivity contribution in [3.8, 4) is 12.3 Å². The summed E-state index contributed by atoms with van der Waals surface area (Å²) in [6.45, 7) is 1.52. The maximum atomic E-state index is 14.9. The molecule has 0 radical (unpaired) electrons. The summed E-state index contributed by atoms with van der Waals surface area (Å²) in [6.07, 6.45) is 8.26. The number of hydrogen-bond donors (Lipinski definition) is 1. The highest BCUT2D eigenvalue weighted by molar-refractivity contribution is 6.30. The number of benzene rings is 2. The molecule has 1 aromatic heterocycles. The van der Waals surface area contributed by atoms with Crippen molar-refractivity contribution in [2.75, 3.05) is 44.4 Å². The van der Waals surface area contributed by atoms with Gasteiger partial charge in [0.05, 0.1) is 16.9 Å². The molecular formula is C27H26ClFN6O2. The van der Waals surface area contributed by atoms with Gasteiger partial charge in [-0.15, -0.1) is 6.42 Å². The second-order valence-electron chi connectivity index (χ2n) is 8.30. The Morgan fingerprint density at radius 3 is 2.57 bits per heavy atom. The quantitative estimate of drug-likeness (QED) is 0.267. The lowest BCUT2D eigenvalue weighted by Crippen LogP contribution is -2.41. The van der Waals surface area contributed by atoms with Crippen molar-refractivity contribution >= 4 is 41.3 Å². The lowest BCUT2D eigenvalue weighted by molar-refractivity contribution is 0.0995. The first-order chi connectivity index (χ1) is 17.7. The van der Waals surface area contributed by atoms with Gasteiger partial charge in [0.1, 0.15) is 11.6 Å². The average Bonchev–Trinajstić information content (AvgIpc) is 2.88. The second kappa shape index (κ2) is 12.6. The van der Waals surface area contributed by atoms with Gasteiger partial charge in [0.15, 0.2) is 0 Å². The SMILES string of the molecule is C#Cc1cccc(C(=O)N(C(=O)Nc2ccc(C=NN(C)CCN(C)C)cc2F)c2ccc(Cl)cn2)c1. The van der Waals surface area contributed by atoms with Crippen LogP contribution in [0.25, 0.3) is 0 Å². The number of aromatic nitrogens is 1. The van der Waals surface area contributed by atoms with Gasteiger partial charge in [0, 0.05) is 37.5 Å². The summed E-state index contributed by atoms with van der Waals surface area (Å²) in [5, 5.41) is 8.79. The summed E-state index contributed by atoms with van der Waals surface area (Å²) in [5.74, 6) is 1.06. The minimum atomic E-state index is -0.908. The summed E-state index contributed by atoms with van der Waals surface area (Å²) in [4.78, 5) is 33.5. The van der Waals surface area contributed by atoms with Crippen molar-refractivity contribution in [3.63, 3.8) is 0 Å². The van der Waals surface area contributed by atoms with Crippen LogP contribution in [0.2, 0.25) is 5.02 Å². The smallest absolute Gasteiger partial charge is 0.308 e. The van der Waals surface area contributed by atoms with Gasteiger partial charge in [0.25, 0.3) is 5.91 Å². The van der Waals surface area contributed by atoms with Crippen LogP contribution in [0.3, 0.4) is 0 Å². The van der Waals surface area contributed by atoms with E-state index in [0.717, 1.165) is 11.4 Å². The molecule has 0 bridgehead atoms. The van der Waals surface area contributed by atoms with Crippen LogP contribution in [0.4, 0.5) is 20.7 Å². The van der Waals surface area contributed by atoms with E-state index in [1.54, 1.807) is 23.2 Å². The molecule has 10 heteroatoms. The van der Waals surface area contributed by atoms with Crippen LogP contribution in [-0.2, 0) is 0 Å². The lowest BCUT2D eigenvalue weighted by atomic mass is 10.1. The minimum absolute atomic E-state index is 0.00272. The number of rotatable bonds is 8. The molecule has 0 unspecified atom stereocenters. The topological polar surface area (TPSA) is 81.1 Å². The van der Waals surface area contributed by atoms with Crippen molar-refractivity contribution in [2.45, 2.75) is 0 Å². The number of pyridine rings is 1. The number of anilines is 2. The number of hydrogen-bond acceptors (Lipinski definition) is 6. The lowest BCUT2D eigenvalue weighted by Gasteiger charge is -2.21. The number of carbonyl (C=O) groups excluding carboxylic acids is 2. The van der Waals surface area contributed by atoms with E-state index in [4.69, 9.17) is 18.0 Å². The standard InChI is InChI=1S/C27H26ClFN6O2/c1-5-19-7-6-8-21(15-19)26(36)35(25-12-10-22(28)18-30-25)27(37)32-24-11-9-20(16-23(24)29)17-31-34(4)14-13-33(2)3/h1,6-12,15-18H,13-14H2,2-4H3,(H,32,37). The van der Waals surface area contributed by atoms with Crippen LogP contribution in [0.15, 0.2) is 65.9 Å². The largest absolute Gasteiger partial charge is 0.334 e. The molecule has 0 atom stereocenters. The van der Waals surface area contributed by atoms with Crippen LogP contribution >= 0.6 is 11.6 Å². The molecule has 0 aliphatic carbocycles. The van der Waals surface area contributed by atoms with E-state index in [-0.39, 0.29) is 17.1 Å². The molecule has 3 rings (SSSR count). The highest BCUT2D eigenvalue weighted by atomic mass is 35.5. The van der Waals surface area contributed by atoms with Crippen molar-refractivity contribution in [1.82, 2.24) is 14.9 Å². The Morgan fingerprint density at radius 1 is 1.14 bits per heavy atom. The van der Waals surface area contributed by atoms with E-state index in [1.807, 2.05) is 26.0 Å². The fourth-order valence-electron chi connectivity index (χ4n) is 3.12. The highest BCUT2D eigenvalue weighted by Gasteiger charge is 2.27. The van der Waals surface area contributed by atoms with E-state index in [0.29, 0.717) is 22.7 Å². The first-order valence-corrected chi connectivity index (χ1v) is 11.6. The second-order valence-corrected chi connectivity index (χ2v) is 8.74. The maximum Gasteiger partial charge on any atom is 0.334 e. The van der Waals surface area contributed by atoms with Crippen LogP contribution in [0, 0.1) is 18.2 Å². The molecular weight excluding hydrogens is 495 g/mol. The Morgan fingerprint density at radius 2 is 1.92 bits per heavy atom. The van der Waals surface area contributed by atoms with Gasteiger partial charge in [-0.1, -0.05) is 29.7 Å². The summed E-state index contributed by atoms with van der Waals surface area (Å²) in [5.41, 5.74) is 1.01. The average molecular weight is 521 g/mol. The van der Waals surface area contributed by atoms with Gasteiger partial charge < -0.3 is 10.2 Å². The van der Waals surface area contributed by atoms with Gasteiger partial charge in [-0.2, -0.15) is 5.10 Å². The number of imide groups is 1. The number of hydrazone groups is 1. The Labute approximate surface area is 220 Å². The van der Waals surface area contributed by atoms with Gasteiger partial charge in [-0.3, -0.25) is 9.80 Å². The number of terminal acetylenes is 1. The van der Waals surface area contributed by atoms with E-state index >= 15 is 0 Å². The summed E-state index contributed by atoms with van der Waals surface area (Å²) >= 11 is 5.92. The van der Waals surface area contributed by atoms with E-state index in [2.05, 4.69) is 21.3 Å². The van der Waals surface area contributed by atoms with Crippen molar-refractivity contribution in [2.24, 2.45) is 5.10 Å². The van der Waals surface area contributed by atoms with Crippen molar-refractivity contribution < 1.29 is 14.0 Å². The Kier molecular flexibility index (Phi) is 9.33. The van der Waals surface area contributed by atoms with Crippen LogP contribution in [0.5, 0.6) is 0 Å². The third kappa shape index (κ3) is 7.61. The summed E-state index contributed by atoms with van der Waals surface area (Å²) in [7, 11) is 5.75. The molecule has 0 aliphatic heterocycles. The van der Waals surface area contributed by atoms with Crippen molar-refractivity contribution in [1.29, 1.82) is 0 Å². The zero-order valence-corrected chi connectivity index (χ0v) is 21.4. The van der Waals surface area contributed by atoms with Crippen LogP contribution in [-0.4, -0.2) is 67.3 Å². The molecule has 0 fully saturated rings. The van der Waals surface area contributed by atoms with E-state index in [1.165, 1.54) is 48.8 Å². The third-order valence-corrected chi connectivity index (χ3v) is 5.36. The van der Waals surface area contributed by atoms with E-state index < -0.39 is 17.8 Å². The first kappa shape index (κ1) is 27.3. The van der Waals surface area contributed by atoms with Gasteiger partial charge in [-0.05, 0) is 62.1 Å². The number of likely N-dealkylation sites (N-methyl/N-ethyl adjacent to an activating group) is 2. The number of halogens is 2. The first-order valence-electron chi connectivity index (χ1n) is 11.2. The number of urea groups is 1. The molecule has 37 heavy (non-hydrogen) atoms. The number of carbonyl (C=O) groups is 2. The van der Waals surface area contributed by atoms with Gasteiger partial charge >= 0.3 is 6.03 Å². The zero-order chi connectivity index (χ0) is 26.9. The van der Waals surface area contributed by atoms with E-state index in [9.17, 15) is 14.0 Å². The molecule has 1 N–H and O–H groups in total. The molecule has 2 aromatic carbocycles. The van der Waals surface area contributed by atoms with Gasteiger partial charge in [0.2, 0.25) is 0 Å². The molecule has 0 saturated heterocycles. The molecule has 0 spiro atoms. The van der Waals surface area contributed by atoms with Gasteiger partial charge in [-0.25, -0.2) is 19.1 Å². The molecule has 8 nitrogen and oxygen atoms in total. The Balaban J connectivity index is 1.83. The molecule has 190 valence electrons. The highest BCUT2D eigenvalue weighted by Crippen LogP contribution is 2.21. The zero-order valence-electron chi connectivity index (χ0n) is 20.7. The molecule has 0 saturated carbocycles. The number of nitrogens with zero attached hydrogens (tertiary/aromatic N) is 5. The van der Waals surface area contributed by atoms with Crippen molar-refractivity contribution in [3.05, 3.63) is 88.3 Å². The monoisotopic (exact) mass is 520 g/mol. The Hall–Kier alpha value is -4.26. The normalized spacial score (nSPS) is 10.8. The number of nitrogens with one attached hydrogen (secondary N) is 1. The number of amides is 3. The Bertz CT molecular complexity index is 1340. The van der Waals surface area contributed by atoms with Crippen LogP contribution in [0.1, 0.15) is 21.5 Å². The van der Waals surface area contributed by atoms with Crippen LogP contribution < -0.4 is 10.2 Å². The predicted molar refractivity (Wildman–Crippen MR) is 145 cm³/mol. The maximum absolute atomic E-state index is 14.9. The molecule has 1 heterocycles. The molecule has 3 aromatic rings. The third-order valence-electron chi connectivity index (χ3n) is 5.13. The fourth-order valence-corrected chi connectivity index (χ4v) is 3.24. The molecule has 3 amide bonds. The minimum Gasteiger partial charge on any atom is -0.308 e. The summed E-state index contributed by atoms with van der Waals surface area (Å²) < 4.78 is 14.9. The molecule has 0 aliphatic rings. The predicted octanol–water partition coefficient (Wildman–Crippen LogP) is 4.56. The summed E-state index contributed by atoms with van der Waals surface area (Å²) in [6, 6.07) is 12.5. The fraction of sp³-hybridized carbons (Fsp3) is 0.185.